The predicted molar refractivity (Wildman–Crippen MR) is 60.2 cm³/mol. The number of nitrogens with zero attached hydrogens (tertiary/aromatic N) is 1. The number of carbonyl (C=O) groups excluding carboxylic acids is 2. The number of aliphatic carboxylic acids is 1. The zero-order valence-electron chi connectivity index (χ0n) is 10.3. The molecule has 1 fully saturated rings. The van der Waals surface area contributed by atoms with E-state index >= 15 is 0 Å². The summed E-state index contributed by atoms with van der Waals surface area (Å²) < 4.78 is 0. The lowest BCUT2D eigenvalue weighted by molar-refractivity contribution is -0.141. The van der Waals surface area contributed by atoms with Crippen LogP contribution in [0.2, 0.25) is 0 Å². The van der Waals surface area contributed by atoms with Gasteiger partial charge in [0.05, 0.1) is 5.92 Å². The Labute approximate surface area is 100.0 Å². The summed E-state index contributed by atoms with van der Waals surface area (Å²) in [6.07, 6.45) is 0.163. The molecule has 1 rings (SSSR count). The molecule has 0 aromatic heterocycles. The lowest BCUT2D eigenvalue weighted by atomic mass is 10.1. The molecule has 0 bridgehead atoms. The van der Waals surface area contributed by atoms with Gasteiger partial charge in [-0.25, -0.2) is 0 Å². The molecule has 1 aliphatic rings. The molecule has 17 heavy (non-hydrogen) atoms. The zero-order valence-corrected chi connectivity index (χ0v) is 10.3. The van der Waals surface area contributed by atoms with Crippen LogP contribution in [-0.2, 0) is 14.4 Å². The second kappa shape index (κ2) is 5.16. The first-order valence-electron chi connectivity index (χ1n) is 5.65. The number of hydrogen-bond donors (Lipinski definition) is 2. The van der Waals surface area contributed by atoms with Gasteiger partial charge in [-0.1, -0.05) is 0 Å². The molecule has 0 aromatic rings. The van der Waals surface area contributed by atoms with E-state index in [2.05, 4.69) is 5.32 Å². The van der Waals surface area contributed by atoms with E-state index in [1.165, 1.54) is 6.92 Å². The van der Waals surface area contributed by atoms with Crippen molar-refractivity contribution >= 4 is 17.8 Å². The summed E-state index contributed by atoms with van der Waals surface area (Å²) in [5.41, 5.74) is 0. The number of carbonyl (C=O) groups is 3. The van der Waals surface area contributed by atoms with E-state index in [0.29, 0.717) is 6.54 Å². The highest BCUT2D eigenvalue weighted by molar-refractivity contribution is 5.91. The fourth-order valence-corrected chi connectivity index (χ4v) is 1.80. The Morgan fingerprint density at radius 2 is 2.00 bits per heavy atom. The Kier molecular flexibility index (Phi) is 4.09. The molecule has 2 N–H and O–H groups in total. The molecule has 6 heteroatoms. The molecule has 0 radical (unpaired) electrons. The van der Waals surface area contributed by atoms with E-state index in [4.69, 9.17) is 5.11 Å². The van der Waals surface area contributed by atoms with Crippen LogP contribution in [0.5, 0.6) is 0 Å². The molecule has 2 atom stereocenters. The van der Waals surface area contributed by atoms with Crippen molar-refractivity contribution in [2.75, 3.05) is 6.54 Å². The Bertz CT molecular complexity index is 340. The second-order valence-corrected chi connectivity index (χ2v) is 4.61. The lowest BCUT2D eigenvalue weighted by Crippen LogP contribution is -2.42. The van der Waals surface area contributed by atoms with Gasteiger partial charge in [0.2, 0.25) is 11.8 Å². The van der Waals surface area contributed by atoms with Gasteiger partial charge in [0.25, 0.3) is 0 Å². The molecule has 0 aliphatic carbocycles. The van der Waals surface area contributed by atoms with Crippen LogP contribution in [-0.4, -0.2) is 46.4 Å². The third-order valence-electron chi connectivity index (χ3n) is 2.88. The fraction of sp³-hybridized carbons (Fsp3) is 0.727. The second-order valence-electron chi connectivity index (χ2n) is 4.61. The number of rotatable bonds is 4. The summed E-state index contributed by atoms with van der Waals surface area (Å²) in [6.45, 7) is 5.54. The highest BCUT2D eigenvalue weighted by Crippen LogP contribution is 2.20. The highest BCUT2D eigenvalue weighted by Gasteiger charge is 2.36. The maximum absolute atomic E-state index is 11.7. The number of nitrogens with one attached hydrogen (secondary N) is 1. The van der Waals surface area contributed by atoms with E-state index in [1.807, 2.05) is 13.8 Å². The van der Waals surface area contributed by atoms with Crippen LogP contribution in [0.1, 0.15) is 27.2 Å². The van der Waals surface area contributed by atoms with Crippen molar-refractivity contribution in [3.63, 3.8) is 0 Å². The molecule has 1 aliphatic heterocycles. The average Bonchev–Trinajstić information content (AvgIpc) is 2.60. The van der Waals surface area contributed by atoms with Crippen molar-refractivity contribution in [2.45, 2.75) is 39.3 Å². The van der Waals surface area contributed by atoms with Crippen molar-refractivity contribution in [3.05, 3.63) is 0 Å². The Morgan fingerprint density at radius 1 is 1.41 bits per heavy atom. The van der Waals surface area contributed by atoms with Gasteiger partial charge >= 0.3 is 5.97 Å². The molecular formula is C11H18N2O4. The minimum absolute atomic E-state index is 0.0527. The summed E-state index contributed by atoms with van der Waals surface area (Å²) in [5.74, 6) is -1.94. The summed E-state index contributed by atoms with van der Waals surface area (Å²) in [6, 6.07) is -0.858. The van der Waals surface area contributed by atoms with E-state index in [1.54, 1.807) is 4.90 Å². The first kappa shape index (κ1) is 13.5. The molecule has 0 saturated carbocycles. The van der Waals surface area contributed by atoms with E-state index in [-0.39, 0.29) is 24.3 Å². The summed E-state index contributed by atoms with van der Waals surface area (Å²) >= 11 is 0. The summed E-state index contributed by atoms with van der Waals surface area (Å²) in [7, 11) is 0. The molecule has 0 spiro atoms. The molecule has 96 valence electrons. The average molecular weight is 242 g/mol. The first-order valence-corrected chi connectivity index (χ1v) is 5.65. The molecule has 2 amide bonds. The molecule has 1 heterocycles. The number of carboxylic acids is 1. The standard InChI is InChI=1S/C11H18N2O4/c1-6(2)13-5-8(4-9(13)14)10(15)12-7(3)11(16)17/h6-8H,4-5H2,1-3H3,(H,12,15)(H,16,17)/t7-,8?/m0/s1. The Balaban J connectivity index is 2.56. The Hall–Kier alpha value is -1.59. The predicted octanol–water partition coefficient (Wildman–Crippen LogP) is -0.167. The van der Waals surface area contributed by atoms with Crippen molar-refractivity contribution in [2.24, 2.45) is 5.92 Å². The maximum Gasteiger partial charge on any atom is 0.325 e. The quantitative estimate of drug-likeness (QED) is 0.716. The van der Waals surface area contributed by atoms with Crippen LogP contribution >= 0.6 is 0 Å². The van der Waals surface area contributed by atoms with Crippen LogP contribution < -0.4 is 5.32 Å². The largest absolute Gasteiger partial charge is 0.480 e. The molecule has 0 aromatic carbocycles. The third kappa shape index (κ3) is 3.18. The van der Waals surface area contributed by atoms with Crippen molar-refractivity contribution in [1.82, 2.24) is 10.2 Å². The minimum atomic E-state index is -1.08. The van der Waals surface area contributed by atoms with Gasteiger partial charge in [-0.2, -0.15) is 0 Å². The van der Waals surface area contributed by atoms with Crippen LogP contribution in [0.15, 0.2) is 0 Å². The number of amides is 2. The number of likely N-dealkylation sites (tertiary alicyclic amines) is 1. The fourth-order valence-electron chi connectivity index (χ4n) is 1.80. The number of carboxylic acid groups (broad SMARTS) is 1. The van der Waals surface area contributed by atoms with E-state index < -0.39 is 17.9 Å². The lowest BCUT2D eigenvalue weighted by Gasteiger charge is -2.21. The smallest absolute Gasteiger partial charge is 0.325 e. The normalized spacial score (nSPS) is 21.8. The minimum Gasteiger partial charge on any atom is -0.480 e. The van der Waals surface area contributed by atoms with Gasteiger partial charge in [-0.05, 0) is 20.8 Å². The van der Waals surface area contributed by atoms with Crippen molar-refractivity contribution < 1.29 is 19.5 Å². The third-order valence-corrected chi connectivity index (χ3v) is 2.88. The van der Waals surface area contributed by atoms with Gasteiger partial charge in [0.15, 0.2) is 0 Å². The summed E-state index contributed by atoms with van der Waals surface area (Å²) in [4.78, 5) is 35.5. The van der Waals surface area contributed by atoms with Gasteiger partial charge in [-0.15, -0.1) is 0 Å². The van der Waals surface area contributed by atoms with Crippen molar-refractivity contribution in [1.29, 1.82) is 0 Å². The SMILES string of the molecule is CC(C)N1CC(C(=O)N[C@@H](C)C(=O)O)CC1=O. The Morgan fingerprint density at radius 3 is 2.41 bits per heavy atom. The topological polar surface area (TPSA) is 86.7 Å². The molecule has 1 unspecified atom stereocenters. The van der Waals surface area contributed by atoms with Crippen LogP contribution in [0.3, 0.4) is 0 Å². The number of hydrogen-bond acceptors (Lipinski definition) is 3. The van der Waals surface area contributed by atoms with Crippen LogP contribution in [0, 0.1) is 5.92 Å². The monoisotopic (exact) mass is 242 g/mol. The van der Waals surface area contributed by atoms with Gasteiger partial charge in [0.1, 0.15) is 6.04 Å². The summed E-state index contributed by atoms with van der Waals surface area (Å²) in [5, 5.41) is 11.1. The maximum atomic E-state index is 11.7. The van der Waals surface area contributed by atoms with Gasteiger partial charge in [0, 0.05) is 19.0 Å². The van der Waals surface area contributed by atoms with Gasteiger partial charge in [-0.3, -0.25) is 14.4 Å². The van der Waals surface area contributed by atoms with Crippen LogP contribution in [0.25, 0.3) is 0 Å². The first-order chi connectivity index (χ1) is 7.82. The van der Waals surface area contributed by atoms with Crippen molar-refractivity contribution in [3.8, 4) is 0 Å². The highest BCUT2D eigenvalue weighted by atomic mass is 16.4. The molecule has 1 saturated heterocycles. The zero-order chi connectivity index (χ0) is 13.2. The van der Waals surface area contributed by atoms with Gasteiger partial charge < -0.3 is 15.3 Å². The van der Waals surface area contributed by atoms with E-state index in [0.717, 1.165) is 0 Å². The molecule has 6 nitrogen and oxygen atoms in total. The van der Waals surface area contributed by atoms with E-state index in [9.17, 15) is 14.4 Å². The molecular weight excluding hydrogens is 224 g/mol. The van der Waals surface area contributed by atoms with Crippen LogP contribution in [0.4, 0.5) is 0 Å².